The Morgan fingerprint density at radius 1 is 1.04 bits per heavy atom. The van der Waals surface area contributed by atoms with Crippen molar-refractivity contribution in [1.82, 2.24) is 4.90 Å². The first-order valence-corrected chi connectivity index (χ1v) is 8.55. The highest BCUT2D eigenvalue weighted by Gasteiger charge is 2.09. The number of nitrogens with one attached hydrogen (secondary N) is 1. The molecule has 28 heavy (non-hydrogen) atoms. The van der Waals surface area contributed by atoms with Crippen LogP contribution < -0.4 is 10.1 Å². The molecule has 0 aliphatic heterocycles. The number of anilines is 1. The fourth-order valence-electron chi connectivity index (χ4n) is 2.28. The van der Waals surface area contributed by atoms with Gasteiger partial charge in [-0.05, 0) is 17.7 Å². The van der Waals surface area contributed by atoms with Gasteiger partial charge >= 0.3 is 5.97 Å². The zero-order valence-electron chi connectivity index (χ0n) is 15.8. The van der Waals surface area contributed by atoms with E-state index in [0.29, 0.717) is 18.0 Å². The third kappa shape index (κ3) is 6.95. The van der Waals surface area contributed by atoms with Crippen molar-refractivity contribution in [3.05, 3.63) is 72.3 Å². The number of hydrogen-bond acceptors (Lipinski definition) is 5. The summed E-state index contributed by atoms with van der Waals surface area (Å²) in [7, 11) is 3.15. The number of hydrogen-bond donors (Lipinski definition) is 1. The van der Waals surface area contributed by atoms with Gasteiger partial charge in [0.1, 0.15) is 5.75 Å². The zero-order valence-corrected chi connectivity index (χ0v) is 15.8. The predicted octanol–water partition coefficient (Wildman–Crippen LogP) is 2.39. The van der Waals surface area contributed by atoms with Gasteiger partial charge in [0.05, 0.1) is 7.11 Å². The third-order valence-electron chi connectivity index (χ3n) is 3.70. The molecule has 0 aliphatic carbocycles. The fraction of sp³-hybridized carbons (Fsp3) is 0.190. The summed E-state index contributed by atoms with van der Waals surface area (Å²) in [4.78, 5) is 37.0. The molecular formula is C21H22N2O5. The number of methoxy groups -OCH3 is 1. The molecule has 0 aromatic heterocycles. The first-order chi connectivity index (χ1) is 13.5. The molecule has 0 saturated carbocycles. The highest BCUT2D eigenvalue weighted by Crippen LogP contribution is 2.16. The van der Waals surface area contributed by atoms with Crippen molar-refractivity contribution in [2.45, 2.75) is 6.54 Å². The van der Waals surface area contributed by atoms with Gasteiger partial charge in [-0.2, -0.15) is 0 Å². The van der Waals surface area contributed by atoms with Gasteiger partial charge in [-0.3, -0.25) is 9.59 Å². The number of benzene rings is 2. The van der Waals surface area contributed by atoms with Crippen LogP contribution in [0.4, 0.5) is 5.69 Å². The largest absolute Gasteiger partial charge is 0.497 e. The topological polar surface area (TPSA) is 84.9 Å². The van der Waals surface area contributed by atoms with Crippen LogP contribution in [0, 0.1) is 0 Å². The SMILES string of the molecule is COc1cccc(NC(=O)COC(=O)/C=C/C(=O)N(C)Cc2ccccc2)c1. The minimum Gasteiger partial charge on any atom is -0.497 e. The smallest absolute Gasteiger partial charge is 0.331 e. The van der Waals surface area contributed by atoms with Gasteiger partial charge in [0.2, 0.25) is 5.91 Å². The Balaban J connectivity index is 1.76. The van der Waals surface area contributed by atoms with E-state index in [1.165, 1.54) is 12.0 Å². The van der Waals surface area contributed by atoms with Crippen molar-refractivity contribution in [2.75, 3.05) is 26.1 Å². The number of ether oxygens (including phenoxy) is 2. The molecule has 0 fully saturated rings. The average molecular weight is 382 g/mol. The number of likely N-dealkylation sites (N-methyl/N-ethyl adjacent to an activating group) is 1. The normalized spacial score (nSPS) is 10.4. The molecule has 0 atom stereocenters. The second kappa shape index (κ2) is 10.5. The van der Waals surface area contributed by atoms with Gasteiger partial charge in [-0.25, -0.2) is 4.79 Å². The quantitative estimate of drug-likeness (QED) is 0.560. The van der Waals surface area contributed by atoms with Crippen LogP contribution in [0.1, 0.15) is 5.56 Å². The van der Waals surface area contributed by atoms with Crippen molar-refractivity contribution in [2.24, 2.45) is 0 Å². The van der Waals surface area contributed by atoms with Crippen LogP contribution in [0.3, 0.4) is 0 Å². The van der Waals surface area contributed by atoms with Crippen LogP contribution in [0.2, 0.25) is 0 Å². The number of carbonyl (C=O) groups excluding carboxylic acids is 3. The molecule has 7 nitrogen and oxygen atoms in total. The molecule has 2 amide bonds. The van der Waals surface area contributed by atoms with Gasteiger partial charge in [0.15, 0.2) is 6.61 Å². The molecule has 2 aromatic rings. The van der Waals surface area contributed by atoms with Crippen LogP contribution >= 0.6 is 0 Å². The Morgan fingerprint density at radius 3 is 2.50 bits per heavy atom. The molecule has 7 heteroatoms. The van der Waals surface area contributed by atoms with Gasteiger partial charge in [-0.1, -0.05) is 36.4 Å². The van der Waals surface area contributed by atoms with Crippen molar-refractivity contribution >= 4 is 23.5 Å². The average Bonchev–Trinajstić information content (AvgIpc) is 2.71. The Labute approximate surface area is 163 Å². The number of rotatable bonds is 8. The summed E-state index contributed by atoms with van der Waals surface area (Å²) >= 11 is 0. The number of amides is 2. The highest BCUT2D eigenvalue weighted by atomic mass is 16.5. The van der Waals surface area contributed by atoms with E-state index in [1.54, 1.807) is 31.3 Å². The van der Waals surface area contributed by atoms with Crippen LogP contribution in [0.15, 0.2) is 66.7 Å². The van der Waals surface area contributed by atoms with Gasteiger partial charge in [-0.15, -0.1) is 0 Å². The summed E-state index contributed by atoms with van der Waals surface area (Å²) in [6, 6.07) is 16.3. The summed E-state index contributed by atoms with van der Waals surface area (Å²) in [6.45, 7) is -0.0452. The van der Waals surface area contributed by atoms with Crippen LogP contribution in [0.5, 0.6) is 5.75 Å². The van der Waals surface area contributed by atoms with Crippen molar-refractivity contribution < 1.29 is 23.9 Å². The second-order valence-corrected chi connectivity index (χ2v) is 5.90. The van der Waals surface area contributed by atoms with Gasteiger partial charge < -0.3 is 19.7 Å². The Bertz CT molecular complexity index is 849. The second-order valence-electron chi connectivity index (χ2n) is 5.90. The fourth-order valence-corrected chi connectivity index (χ4v) is 2.28. The summed E-state index contributed by atoms with van der Waals surface area (Å²) in [5, 5.41) is 2.59. The molecule has 0 saturated heterocycles. The minimum atomic E-state index is -0.776. The van der Waals surface area contributed by atoms with E-state index in [0.717, 1.165) is 17.7 Å². The lowest BCUT2D eigenvalue weighted by Crippen LogP contribution is -2.24. The van der Waals surface area contributed by atoms with E-state index >= 15 is 0 Å². The van der Waals surface area contributed by atoms with E-state index in [1.807, 2.05) is 30.3 Å². The Kier molecular flexibility index (Phi) is 7.77. The van der Waals surface area contributed by atoms with E-state index < -0.39 is 18.5 Å². The molecule has 2 aromatic carbocycles. The molecular weight excluding hydrogens is 360 g/mol. The molecule has 146 valence electrons. The lowest BCUT2D eigenvalue weighted by molar-refractivity contribution is -0.142. The maximum Gasteiger partial charge on any atom is 0.331 e. The predicted molar refractivity (Wildman–Crippen MR) is 105 cm³/mol. The monoisotopic (exact) mass is 382 g/mol. The van der Waals surface area contributed by atoms with Crippen molar-refractivity contribution in [3.63, 3.8) is 0 Å². The summed E-state index contributed by atoms with van der Waals surface area (Å²) < 4.78 is 9.91. The molecule has 0 bridgehead atoms. The van der Waals surface area contributed by atoms with E-state index in [9.17, 15) is 14.4 Å². The van der Waals surface area contributed by atoms with Gasteiger partial charge in [0, 0.05) is 37.5 Å². The van der Waals surface area contributed by atoms with Crippen LogP contribution in [-0.4, -0.2) is 43.4 Å². The Morgan fingerprint density at radius 2 is 1.79 bits per heavy atom. The van der Waals surface area contributed by atoms with Crippen molar-refractivity contribution in [1.29, 1.82) is 0 Å². The van der Waals surface area contributed by atoms with E-state index in [4.69, 9.17) is 9.47 Å². The maximum absolute atomic E-state index is 12.0. The standard InChI is InChI=1S/C21H22N2O5/c1-23(14-16-7-4-3-5-8-16)20(25)11-12-21(26)28-15-19(24)22-17-9-6-10-18(13-17)27-2/h3-13H,14-15H2,1-2H3,(H,22,24)/b12-11+. The number of carbonyl (C=O) groups is 3. The minimum absolute atomic E-state index is 0.346. The molecule has 0 radical (unpaired) electrons. The molecule has 0 heterocycles. The lowest BCUT2D eigenvalue weighted by atomic mass is 10.2. The van der Waals surface area contributed by atoms with Crippen molar-refractivity contribution in [3.8, 4) is 5.75 Å². The molecule has 0 unspecified atom stereocenters. The molecule has 0 aliphatic rings. The number of nitrogens with zero attached hydrogens (tertiary/aromatic N) is 1. The summed E-state index contributed by atoms with van der Waals surface area (Å²) in [6.07, 6.45) is 2.12. The van der Waals surface area contributed by atoms with Crippen LogP contribution in [0.25, 0.3) is 0 Å². The van der Waals surface area contributed by atoms with Crippen LogP contribution in [-0.2, 0) is 25.7 Å². The first-order valence-electron chi connectivity index (χ1n) is 8.55. The highest BCUT2D eigenvalue weighted by molar-refractivity contribution is 5.96. The molecule has 1 N–H and O–H groups in total. The Hall–Kier alpha value is -3.61. The van der Waals surface area contributed by atoms with Gasteiger partial charge in [0.25, 0.3) is 5.91 Å². The van der Waals surface area contributed by atoms with E-state index in [2.05, 4.69) is 5.32 Å². The summed E-state index contributed by atoms with van der Waals surface area (Å²) in [5.41, 5.74) is 1.50. The van der Waals surface area contributed by atoms with E-state index in [-0.39, 0.29) is 5.91 Å². The maximum atomic E-state index is 12.0. The molecule has 2 rings (SSSR count). The third-order valence-corrected chi connectivity index (χ3v) is 3.70. The summed E-state index contributed by atoms with van der Waals surface area (Å²) in [5.74, 6) is -1.03. The molecule has 0 spiro atoms. The number of esters is 1. The zero-order chi connectivity index (χ0) is 20.4. The lowest BCUT2D eigenvalue weighted by Gasteiger charge is -2.14. The first kappa shape index (κ1) is 20.7.